The van der Waals surface area contributed by atoms with Gasteiger partial charge in [0, 0.05) is 76.5 Å². The lowest BCUT2D eigenvalue weighted by molar-refractivity contribution is -0.127. The third-order valence-corrected chi connectivity index (χ3v) is 7.48. The van der Waals surface area contributed by atoms with E-state index in [9.17, 15) is 19.2 Å². The zero-order chi connectivity index (χ0) is 29.7. The van der Waals surface area contributed by atoms with Gasteiger partial charge < -0.3 is 9.64 Å². The highest BCUT2D eigenvalue weighted by atomic mass is 16.5. The maximum Gasteiger partial charge on any atom is 0.332 e. The lowest BCUT2D eigenvalue weighted by Gasteiger charge is -2.29. The summed E-state index contributed by atoms with van der Waals surface area (Å²) in [6, 6.07) is 3.66. The van der Waals surface area contributed by atoms with Crippen molar-refractivity contribution in [2.45, 2.75) is 79.3 Å². The Hall–Kier alpha value is -3.60. The van der Waals surface area contributed by atoms with Crippen molar-refractivity contribution in [2.75, 3.05) is 38.3 Å². The molecule has 41 heavy (non-hydrogen) atoms. The molecule has 2 aromatic rings. The lowest BCUT2D eigenvalue weighted by Crippen LogP contribution is -2.41. The Morgan fingerprint density at radius 2 is 1.85 bits per heavy atom. The first-order chi connectivity index (χ1) is 19.6. The predicted octanol–water partition coefficient (Wildman–Crippen LogP) is 2.92. The molecule has 0 unspecified atom stereocenters. The van der Waals surface area contributed by atoms with E-state index >= 15 is 0 Å². The van der Waals surface area contributed by atoms with Crippen molar-refractivity contribution in [2.24, 2.45) is 10.4 Å². The third kappa shape index (κ3) is 6.66. The molecular weight excluding hydrogens is 524 g/mol. The van der Waals surface area contributed by atoms with Crippen LogP contribution < -0.4 is 16.1 Å². The summed E-state index contributed by atoms with van der Waals surface area (Å²) in [4.78, 5) is 64.7. The summed E-state index contributed by atoms with van der Waals surface area (Å²) in [5, 5.41) is 0. The molecule has 2 amide bonds. The van der Waals surface area contributed by atoms with Gasteiger partial charge in [0.1, 0.15) is 11.6 Å². The molecule has 0 atom stereocenters. The van der Waals surface area contributed by atoms with Crippen LogP contribution in [-0.2, 0) is 33.8 Å². The number of aliphatic imine (C=N–C) groups is 1. The highest BCUT2D eigenvalue weighted by Crippen LogP contribution is 2.27. The number of likely N-dealkylation sites (tertiary alicyclic amines) is 1. The number of anilines is 1. The molecule has 4 rings (SSSR count). The van der Waals surface area contributed by atoms with E-state index in [-0.39, 0.29) is 29.6 Å². The minimum atomic E-state index is -0.604. The van der Waals surface area contributed by atoms with Crippen LogP contribution in [0, 0.1) is 5.41 Å². The summed E-state index contributed by atoms with van der Waals surface area (Å²) >= 11 is 0. The van der Waals surface area contributed by atoms with Crippen LogP contribution in [0.15, 0.2) is 32.9 Å². The average Bonchev–Trinajstić information content (AvgIpc) is 3.57. The number of nitrogens with zero attached hydrogens (tertiary/aromatic N) is 6. The number of rotatable bonds is 12. The van der Waals surface area contributed by atoms with Gasteiger partial charge in [0.25, 0.3) is 5.56 Å². The molecule has 2 aliphatic rings. The normalized spacial score (nSPS) is 14.9. The summed E-state index contributed by atoms with van der Waals surface area (Å²) in [5.74, 6) is 1.07. The van der Waals surface area contributed by atoms with Gasteiger partial charge in [-0.25, -0.2) is 14.8 Å². The zero-order valence-electron chi connectivity index (χ0n) is 24.9. The van der Waals surface area contributed by atoms with Crippen LogP contribution in [0.4, 0.5) is 11.6 Å². The molecule has 0 bridgehead atoms. The number of pyridine rings is 1. The van der Waals surface area contributed by atoms with Gasteiger partial charge in [0.2, 0.25) is 11.8 Å². The summed E-state index contributed by atoms with van der Waals surface area (Å²) in [6.07, 6.45) is 5.41. The van der Waals surface area contributed by atoms with Gasteiger partial charge in [-0.05, 0) is 37.8 Å². The minimum Gasteiger partial charge on any atom is -0.385 e. The van der Waals surface area contributed by atoms with Gasteiger partial charge in [-0.1, -0.05) is 27.7 Å². The fourth-order valence-electron chi connectivity index (χ4n) is 5.32. The molecule has 11 nitrogen and oxygen atoms in total. The van der Waals surface area contributed by atoms with E-state index in [0.29, 0.717) is 74.8 Å². The molecule has 1 fully saturated rings. The minimum absolute atomic E-state index is 0.0475. The Labute approximate surface area is 240 Å². The van der Waals surface area contributed by atoms with E-state index in [0.717, 1.165) is 24.9 Å². The predicted molar refractivity (Wildman–Crippen MR) is 158 cm³/mol. The van der Waals surface area contributed by atoms with Crippen LogP contribution in [0.25, 0.3) is 0 Å². The first kappa shape index (κ1) is 30.4. The summed E-state index contributed by atoms with van der Waals surface area (Å²) in [7, 11) is 1.59. The van der Waals surface area contributed by atoms with E-state index in [1.54, 1.807) is 28.8 Å². The lowest BCUT2D eigenvalue weighted by atomic mass is 9.94. The molecule has 222 valence electrons. The van der Waals surface area contributed by atoms with Crippen molar-refractivity contribution in [3.8, 4) is 0 Å². The molecule has 0 radical (unpaired) electrons. The molecule has 2 aromatic heterocycles. The fourth-order valence-corrected chi connectivity index (χ4v) is 5.32. The number of ether oxygens (including phenoxy) is 1. The Morgan fingerprint density at radius 3 is 2.46 bits per heavy atom. The van der Waals surface area contributed by atoms with E-state index < -0.39 is 5.41 Å². The maximum absolute atomic E-state index is 13.3. The van der Waals surface area contributed by atoms with Gasteiger partial charge in [0.05, 0.1) is 11.3 Å². The average molecular weight is 567 g/mol. The maximum atomic E-state index is 13.3. The topological polar surface area (TPSA) is 119 Å². The second kappa shape index (κ2) is 12.9. The van der Waals surface area contributed by atoms with Gasteiger partial charge in [-0.2, -0.15) is 0 Å². The van der Waals surface area contributed by atoms with Crippen LogP contribution in [0.5, 0.6) is 0 Å². The zero-order valence-corrected chi connectivity index (χ0v) is 24.9. The van der Waals surface area contributed by atoms with Crippen molar-refractivity contribution in [1.29, 1.82) is 0 Å². The van der Waals surface area contributed by atoms with Crippen molar-refractivity contribution in [3.05, 3.63) is 50.3 Å². The molecule has 0 N–H and O–H groups in total. The van der Waals surface area contributed by atoms with Crippen LogP contribution >= 0.6 is 0 Å². The monoisotopic (exact) mass is 566 g/mol. The number of hydrogen-bond acceptors (Lipinski definition) is 7. The third-order valence-electron chi connectivity index (χ3n) is 7.48. The Bertz CT molecular complexity index is 1420. The van der Waals surface area contributed by atoms with E-state index in [1.807, 2.05) is 38.7 Å². The van der Waals surface area contributed by atoms with Crippen LogP contribution in [0.2, 0.25) is 0 Å². The van der Waals surface area contributed by atoms with Gasteiger partial charge in [0.15, 0.2) is 0 Å². The smallest absolute Gasteiger partial charge is 0.332 e. The molecule has 4 heterocycles. The molecule has 2 aliphatic heterocycles. The number of carbonyl (C=O) groups is 2. The summed E-state index contributed by atoms with van der Waals surface area (Å²) in [6.45, 7) is 10.7. The SMILES string of the molecule is CCCn1c2c(c(=O)n(CCCOC)c1=O)CC(c1ccc(N(CCCN3CCCC3=O)C(=O)C(C)(C)C)nc1)=N2. The van der Waals surface area contributed by atoms with Crippen LogP contribution in [0.1, 0.15) is 70.9 Å². The van der Waals surface area contributed by atoms with Crippen LogP contribution in [-0.4, -0.2) is 69.9 Å². The molecule has 1 saturated heterocycles. The van der Waals surface area contributed by atoms with E-state index in [4.69, 9.17) is 9.73 Å². The quantitative estimate of drug-likeness (QED) is 0.365. The standard InChI is InChI=1S/C30H42N6O5/c1-6-13-35-26-22(27(38)36(29(35)40)17-9-18-41-5)19-23(32-26)21-11-12-24(31-20-21)34(28(39)30(2,3)4)16-8-15-33-14-7-10-25(33)37/h11-12,20H,6-10,13-19H2,1-5H3. The first-order valence-corrected chi connectivity index (χ1v) is 14.6. The van der Waals surface area contributed by atoms with Crippen molar-refractivity contribution < 1.29 is 14.3 Å². The Balaban J connectivity index is 1.57. The highest BCUT2D eigenvalue weighted by Gasteiger charge is 2.30. The second-order valence-corrected chi connectivity index (χ2v) is 11.7. The molecule has 0 aliphatic carbocycles. The van der Waals surface area contributed by atoms with E-state index in [2.05, 4.69) is 4.98 Å². The number of carbonyl (C=O) groups excluding carboxylic acids is 2. The van der Waals surface area contributed by atoms with Gasteiger partial charge in [-0.3, -0.25) is 28.4 Å². The molecule has 0 saturated carbocycles. The number of aromatic nitrogens is 3. The number of amides is 2. The van der Waals surface area contributed by atoms with E-state index in [1.165, 1.54) is 4.57 Å². The Morgan fingerprint density at radius 1 is 1.07 bits per heavy atom. The summed E-state index contributed by atoms with van der Waals surface area (Å²) in [5.41, 5.74) is 0.642. The van der Waals surface area contributed by atoms with Crippen molar-refractivity contribution in [3.63, 3.8) is 0 Å². The van der Waals surface area contributed by atoms with Gasteiger partial charge in [-0.15, -0.1) is 0 Å². The highest BCUT2D eigenvalue weighted by molar-refractivity contribution is 6.06. The largest absolute Gasteiger partial charge is 0.385 e. The fraction of sp³-hybridized carbons (Fsp3) is 0.600. The van der Waals surface area contributed by atoms with Crippen molar-refractivity contribution >= 4 is 29.2 Å². The second-order valence-electron chi connectivity index (χ2n) is 11.7. The molecular formula is C30H42N6O5. The number of fused-ring (bicyclic) bond motifs is 1. The number of methoxy groups -OCH3 is 1. The first-order valence-electron chi connectivity index (χ1n) is 14.6. The summed E-state index contributed by atoms with van der Waals surface area (Å²) < 4.78 is 7.98. The molecule has 0 aromatic carbocycles. The van der Waals surface area contributed by atoms with Crippen LogP contribution in [0.3, 0.4) is 0 Å². The molecule has 0 spiro atoms. The van der Waals surface area contributed by atoms with Gasteiger partial charge >= 0.3 is 5.69 Å². The molecule has 11 heteroatoms. The Kier molecular flexibility index (Phi) is 9.57. The number of hydrogen-bond donors (Lipinski definition) is 0. The van der Waals surface area contributed by atoms with Crippen molar-refractivity contribution in [1.82, 2.24) is 19.0 Å².